The second-order valence-electron chi connectivity index (χ2n) is 4.27. The van der Waals surface area contributed by atoms with E-state index in [9.17, 15) is 9.59 Å². The number of carbonyl (C=O) groups excluding carboxylic acids is 2. The van der Waals surface area contributed by atoms with Crippen LogP contribution in [-0.4, -0.2) is 35.1 Å². The maximum absolute atomic E-state index is 11.6. The summed E-state index contributed by atoms with van der Waals surface area (Å²) in [6.07, 6.45) is 0.478. The van der Waals surface area contributed by atoms with E-state index >= 15 is 0 Å². The average Bonchev–Trinajstić information content (AvgIpc) is 2.01. The van der Waals surface area contributed by atoms with Gasteiger partial charge in [-0.05, 0) is 27.2 Å². The van der Waals surface area contributed by atoms with Crippen molar-refractivity contribution in [3.63, 3.8) is 0 Å². The Labute approximate surface area is 90.2 Å². The Morgan fingerprint density at radius 1 is 1.40 bits per heavy atom. The number of aliphatic hydroxyl groups is 1. The van der Waals surface area contributed by atoms with Gasteiger partial charge in [0.2, 0.25) is 11.8 Å². The molecule has 5 heteroatoms. The van der Waals surface area contributed by atoms with Crippen LogP contribution in [0.5, 0.6) is 0 Å². The minimum Gasteiger partial charge on any atom is -0.396 e. The molecule has 5 nitrogen and oxygen atoms in total. The maximum Gasteiger partial charge on any atom is 0.242 e. The Bertz CT molecular complexity index is 239. The summed E-state index contributed by atoms with van der Waals surface area (Å²) in [6.45, 7) is 6.64. The van der Waals surface area contributed by atoms with Crippen molar-refractivity contribution in [2.24, 2.45) is 0 Å². The molecule has 0 rings (SSSR count). The third-order valence-corrected chi connectivity index (χ3v) is 2.01. The van der Waals surface area contributed by atoms with Crippen LogP contribution in [0.15, 0.2) is 0 Å². The molecule has 0 saturated carbocycles. The molecule has 0 aromatic heterocycles. The first kappa shape index (κ1) is 13.9. The van der Waals surface area contributed by atoms with Crippen LogP contribution in [-0.2, 0) is 9.59 Å². The minimum atomic E-state index is -0.555. The molecular weight excluding hydrogens is 196 g/mol. The van der Waals surface area contributed by atoms with Crippen LogP contribution in [0.3, 0.4) is 0 Å². The fourth-order valence-electron chi connectivity index (χ4n) is 1.15. The van der Waals surface area contributed by atoms with Gasteiger partial charge in [0.15, 0.2) is 0 Å². The molecule has 0 saturated heterocycles. The van der Waals surface area contributed by atoms with Crippen LogP contribution in [0, 0.1) is 0 Å². The smallest absolute Gasteiger partial charge is 0.242 e. The van der Waals surface area contributed by atoms with Gasteiger partial charge in [0.05, 0.1) is 0 Å². The molecule has 0 bridgehead atoms. The van der Waals surface area contributed by atoms with Crippen LogP contribution in [0.2, 0.25) is 0 Å². The van der Waals surface area contributed by atoms with Gasteiger partial charge in [-0.2, -0.15) is 0 Å². The molecule has 1 atom stereocenters. The number of nitrogens with one attached hydrogen (secondary N) is 2. The van der Waals surface area contributed by atoms with Crippen LogP contribution in [0.25, 0.3) is 0 Å². The lowest BCUT2D eigenvalue weighted by Gasteiger charge is -2.27. The summed E-state index contributed by atoms with van der Waals surface area (Å²) in [6, 6.07) is -0.555. The van der Waals surface area contributed by atoms with Crippen molar-refractivity contribution in [3.05, 3.63) is 0 Å². The van der Waals surface area contributed by atoms with Gasteiger partial charge in [0.25, 0.3) is 0 Å². The first-order valence-corrected chi connectivity index (χ1v) is 4.98. The topological polar surface area (TPSA) is 78.4 Å². The summed E-state index contributed by atoms with van der Waals surface area (Å²) in [4.78, 5) is 22.3. The van der Waals surface area contributed by atoms with Gasteiger partial charge >= 0.3 is 0 Å². The highest BCUT2D eigenvalue weighted by Crippen LogP contribution is 2.07. The first-order chi connectivity index (χ1) is 6.78. The molecule has 3 N–H and O–H groups in total. The summed E-state index contributed by atoms with van der Waals surface area (Å²) < 4.78 is 0. The highest BCUT2D eigenvalue weighted by atomic mass is 16.3. The van der Waals surface area contributed by atoms with Gasteiger partial charge in [-0.3, -0.25) is 9.59 Å². The molecule has 15 heavy (non-hydrogen) atoms. The quantitative estimate of drug-likeness (QED) is 0.595. The lowest BCUT2D eigenvalue weighted by molar-refractivity contribution is -0.128. The van der Waals surface area contributed by atoms with Gasteiger partial charge in [-0.15, -0.1) is 0 Å². The number of carbonyl (C=O) groups is 2. The molecule has 0 aliphatic carbocycles. The van der Waals surface area contributed by atoms with Crippen molar-refractivity contribution >= 4 is 11.8 Å². The Hall–Kier alpha value is -1.10. The van der Waals surface area contributed by atoms with Crippen molar-refractivity contribution in [2.75, 3.05) is 6.61 Å². The fourth-order valence-corrected chi connectivity index (χ4v) is 1.15. The predicted molar refractivity (Wildman–Crippen MR) is 57.2 cm³/mol. The standard InChI is InChI=1S/C10H20N2O3/c1-7(11-8(2)14)9(15)12-10(3,4)5-6-13/h7,13H,5-6H2,1-4H3,(H,11,14)(H,12,15). The summed E-state index contributed by atoms with van der Waals surface area (Å²) in [5.41, 5.74) is -0.460. The number of hydrogen-bond acceptors (Lipinski definition) is 3. The number of amides is 2. The van der Waals surface area contributed by atoms with E-state index in [0.29, 0.717) is 6.42 Å². The lowest BCUT2D eigenvalue weighted by atomic mass is 10.0. The monoisotopic (exact) mass is 216 g/mol. The highest BCUT2D eigenvalue weighted by molar-refractivity contribution is 5.86. The molecule has 1 unspecified atom stereocenters. The zero-order valence-corrected chi connectivity index (χ0v) is 9.76. The summed E-state index contributed by atoms with van der Waals surface area (Å²) in [7, 11) is 0. The summed E-state index contributed by atoms with van der Waals surface area (Å²) >= 11 is 0. The van der Waals surface area contributed by atoms with Crippen molar-refractivity contribution in [3.8, 4) is 0 Å². The van der Waals surface area contributed by atoms with Crippen molar-refractivity contribution in [2.45, 2.75) is 45.7 Å². The Balaban J connectivity index is 4.17. The Morgan fingerprint density at radius 2 is 1.93 bits per heavy atom. The molecular formula is C10H20N2O3. The zero-order valence-electron chi connectivity index (χ0n) is 9.76. The van der Waals surface area contributed by atoms with Crippen molar-refractivity contribution in [1.82, 2.24) is 10.6 Å². The summed E-state index contributed by atoms with van der Waals surface area (Å²) in [5, 5.41) is 14.0. The van der Waals surface area contributed by atoms with E-state index in [1.165, 1.54) is 6.92 Å². The number of hydrogen-bond donors (Lipinski definition) is 3. The molecule has 0 aromatic carbocycles. The van der Waals surface area contributed by atoms with Crippen molar-refractivity contribution in [1.29, 1.82) is 0 Å². The highest BCUT2D eigenvalue weighted by Gasteiger charge is 2.23. The molecule has 0 aliphatic rings. The van der Waals surface area contributed by atoms with E-state index < -0.39 is 11.6 Å². The SMILES string of the molecule is CC(=O)NC(C)C(=O)NC(C)(C)CCO. The van der Waals surface area contributed by atoms with E-state index in [1.54, 1.807) is 6.92 Å². The molecule has 88 valence electrons. The number of rotatable bonds is 5. The molecule has 0 fully saturated rings. The summed E-state index contributed by atoms with van der Waals surface area (Å²) in [5.74, 6) is -0.485. The second kappa shape index (κ2) is 5.70. The van der Waals surface area contributed by atoms with E-state index in [1.807, 2.05) is 13.8 Å². The fraction of sp³-hybridized carbons (Fsp3) is 0.800. The molecule has 0 radical (unpaired) electrons. The number of aliphatic hydroxyl groups excluding tert-OH is 1. The predicted octanol–water partition coefficient (Wildman–Crippen LogP) is -0.212. The van der Waals surface area contributed by atoms with Gasteiger partial charge in [-0.25, -0.2) is 0 Å². The molecule has 0 aliphatic heterocycles. The Morgan fingerprint density at radius 3 is 2.33 bits per heavy atom. The van der Waals surface area contributed by atoms with Gasteiger partial charge in [0, 0.05) is 19.1 Å². The molecule has 0 heterocycles. The van der Waals surface area contributed by atoms with E-state index in [-0.39, 0.29) is 18.4 Å². The third-order valence-electron chi connectivity index (χ3n) is 2.01. The lowest BCUT2D eigenvalue weighted by Crippen LogP contribution is -2.52. The second-order valence-corrected chi connectivity index (χ2v) is 4.27. The van der Waals surface area contributed by atoms with Crippen LogP contribution in [0.4, 0.5) is 0 Å². The van der Waals surface area contributed by atoms with Gasteiger partial charge < -0.3 is 15.7 Å². The van der Waals surface area contributed by atoms with Crippen molar-refractivity contribution < 1.29 is 14.7 Å². The largest absolute Gasteiger partial charge is 0.396 e. The Kier molecular flexibility index (Phi) is 5.28. The maximum atomic E-state index is 11.6. The van der Waals surface area contributed by atoms with Gasteiger partial charge in [-0.1, -0.05) is 0 Å². The minimum absolute atomic E-state index is 0.0157. The van der Waals surface area contributed by atoms with E-state index in [4.69, 9.17) is 5.11 Å². The molecule has 2 amide bonds. The molecule has 0 aromatic rings. The first-order valence-electron chi connectivity index (χ1n) is 4.98. The third kappa shape index (κ3) is 6.06. The molecule has 0 spiro atoms. The van der Waals surface area contributed by atoms with E-state index in [2.05, 4.69) is 10.6 Å². The normalized spacial score (nSPS) is 13.1. The average molecular weight is 216 g/mol. The zero-order chi connectivity index (χ0) is 12.1. The van der Waals surface area contributed by atoms with Crippen LogP contribution in [0.1, 0.15) is 34.1 Å². The van der Waals surface area contributed by atoms with Crippen LogP contribution >= 0.6 is 0 Å². The van der Waals surface area contributed by atoms with Gasteiger partial charge in [0.1, 0.15) is 6.04 Å². The van der Waals surface area contributed by atoms with E-state index in [0.717, 1.165) is 0 Å². The van der Waals surface area contributed by atoms with Crippen LogP contribution < -0.4 is 10.6 Å².